The highest BCUT2D eigenvalue weighted by atomic mass is 127. The van der Waals surface area contributed by atoms with Crippen LogP contribution < -0.4 is 19.6 Å². The Bertz CT molecular complexity index is 916. The van der Waals surface area contributed by atoms with E-state index in [1.54, 1.807) is 13.3 Å². The first-order valence-corrected chi connectivity index (χ1v) is 13.0. The van der Waals surface area contributed by atoms with Crippen molar-refractivity contribution in [2.75, 3.05) is 25.2 Å². The van der Waals surface area contributed by atoms with E-state index >= 15 is 0 Å². The number of hydrazone groups is 1. The topological polar surface area (TPSA) is 69.2 Å². The van der Waals surface area contributed by atoms with Crippen LogP contribution in [-0.2, 0) is 4.79 Å². The Hall–Kier alpha value is -1.59. The predicted molar refractivity (Wildman–Crippen MR) is 137 cm³/mol. The molecule has 0 atom stereocenters. The molecule has 1 heterocycles. The number of rotatable bonds is 9. The van der Waals surface area contributed by atoms with Crippen LogP contribution in [-0.4, -0.2) is 43.4 Å². The smallest absolute Gasteiger partial charge is 0.277 e. The number of nitrogens with one attached hydrogen (secondary N) is 1. The molecule has 166 valence electrons. The highest BCUT2D eigenvalue weighted by Crippen LogP contribution is 2.45. The number of carbonyl (C=O) groups is 1. The summed E-state index contributed by atoms with van der Waals surface area (Å²) in [7, 11) is 1.59. The van der Waals surface area contributed by atoms with Crippen LogP contribution in [0.4, 0.5) is 0 Å². The van der Waals surface area contributed by atoms with E-state index in [4.69, 9.17) is 14.2 Å². The van der Waals surface area contributed by atoms with Crippen molar-refractivity contribution in [1.82, 2.24) is 5.43 Å². The van der Waals surface area contributed by atoms with Crippen LogP contribution in [0.1, 0.15) is 29.6 Å². The van der Waals surface area contributed by atoms with Gasteiger partial charge in [-0.3, -0.25) is 4.79 Å². The first kappa shape index (κ1) is 24.1. The minimum atomic E-state index is -0.330. The van der Waals surface area contributed by atoms with Crippen LogP contribution in [0.5, 0.6) is 17.2 Å². The summed E-state index contributed by atoms with van der Waals surface area (Å²) in [5.74, 6) is 4.03. The molecule has 1 aliphatic rings. The summed E-state index contributed by atoms with van der Waals surface area (Å²) in [6.07, 6.45) is 1.60. The number of hydrogen-bond acceptors (Lipinski definition) is 7. The van der Waals surface area contributed by atoms with Crippen LogP contribution in [0.25, 0.3) is 0 Å². The van der Waals surface area contributed by atoms with Crippen molar-refractivity contribution >= 4 is 58.2 Å². The van der Waals surface area contributed by atoms with E-state index in [-0.39, 0.29) is 18.6 Å². The number of hydrogen-bond donors (Lipinski definition) is 1. The zero-order chi connectivity index (χ0) is 22.2. The Morgan fingerprint density at radius 2 is 1.97 bits per heavy atom. The molecule has 31 heavy (non-hydrogen) atoms. The van der Waals surface area contributed by atoms with Gasteiger partial charge in [-0.1, -0.05) is 12.1 Å². The maximum absolute atomic E-state index is 12.0. The summed E-state index contributed by atoms with van der Waals surface area (Å²) in [6.45, 7) is 3.82. The van der Waals surface area contributed by atoms with Gasteiger partial charge in [0.25, 0.3) is 5.91 Å². The number of thioether (sulfide) groups is 2. The van der Waals surface area contributed by atoms with Crippen molar-refractivity contribution in [3.8, 4) is 17.2 Å². The molecule has 0 saturated carbocycles. The van der Waals surface area contributed by atoms with Crippen LogP contribution in [0.15, 0.2) is 41.5 Å². The highest BCUT2D eigenvalue weighted by molar-refractivity contribution is 14.1. The van der Waals surface area contributed by atoms with Gasteiger partial charge in [0.15, 0.2) is 18.1 Å². The summed E-state index contributed by atoms with van der Waals surface area (Å²) in [5.41, 5.74) is 4.56. The second-order valence-corrected chi connectivity index (χ2v) is 10.8. The van der Waals surface area contributed by atoms with Gasteiger partial charge in [-0.15, -0.1) is 23.5 Å². The fourth-order valence-electron chi connectivity index (χ4n) is 2.80. The third kappa shape index (κ3) is 7.21. The Morgan fingerprint density at radius 1 is 1.26 bits per heavy atom. The average molecular weight is 572 g/mol. The van der Waals surface area contributed by atoms with Gasteiger partial charge < -0.3 is 14.2 Å². The molecule has 1 saturated heterocycles. The van der Waals surface area contributed by atoms with E-state index in [9.17, 15) is 4.79 Å². The van der Waals surface area contributed by atoms with Crippen molar-refractivity contribution < 1.29 is 19.0 Å². The van der Waals surface area contributed by atoms with Crippen molar-refractivity contribution in [1.29, 1.82) is 0 Å². The van der Waals surface area contributed by atoms with Gasteiger partial charge in [-0.25, -0.2) is 5.43 Å². The number of carbonyl (C=O) groups excluding carboxylic acids is 1. The van der Waals surface area contributed by atoms with Gasteiger partial charge in [-0.05, 0) is 71.8 Å². The summed E-state index contributed by atoms with van der Waals surface area (Å²) < 4.78 is 18.2. The molecule has 1 amide bonds. The van der Waals surface area contributed by atoms with Gasteiger partial charge in [0.05, 0.1) is 27.6 Å². The van der Waals surface area contributed by atoms with Gasteiger partial charge in [0, 0.05) is 11.5 Å². The van der Waals surface area contributed by atoms with Crippen LogP contribution in [0, 0.1) is 3.57 Å². The van der Waals surface area contributed by atoms with Crippen LogP contribution in [0.2, 0.25) is 0 Å². The third-order valence-electron chi connectivity index (χ3n) is 4.15. The molecule has 2 aromatic carbocycles. The molecule has 0 unspecified atom stereocenters. The van der Waals surface area contributed by atoms with Crippen molar-refractivity contribution in [2.24, 2.45) is 5.10 Å². The van der Waals surface area contributed by atoms with Crippen molar-refractivity contribution in [3.63, 3.8) is 0 Å². The Kier molecular flexibility index (Phi) is 9.21. The molecule has 0 aliphatic carbocycles. The zero-order valence-electron chi connectivity index (χ0n) is 17.6. The van der Waals surface area contributed by atoms with Crippen molar-refractivity contribution in [3.05, 3.63) is 51.1 Å². The van der Waals surface area contributed by atoms with Crippen LogP contribution in [0.3, 0.4) is 0 Å². The lowest BCUT2D eigenvalue weighted by atomic mass is 10.2. The Balaban J connectivity index is 1.50. The quantitative estimate of drug-likeness (QED) is 0.257. The zero-order valence-corrected chi connectivity index (χ0v) is 21.4. The molecule has 1 fully saturated rings. The minimum Gasteiger partial charge on any atom is -0.493 e. The summed E-state index contributed by atoms with van der Waals surface area (Å²) in [5, 5.41) is 4.02. The molecule has 3 rings (SSSR count). The van der Waals surface area contributed by atoms with E-state index in [1.165, 1.54) is 17.1 Å². The Morgan fingerprint density at radius 3 is 2.61 bits per heavy atom. The number of benzene rings is 2. The molecule has 0 spiro atoms. The standard InChI is InChI=1S/C22H25IN2O4S2/c1-14(2)29-21-18(23)10-15(11-19(21)27-3)12-24-25-20(26)13-28-17-6-4-16(5-7-17)22-30-8-9-31-22/h4-7,10-12,14,22H,8-9,13H2,1-3H3,(H,25,26)/b24-12-. The number of methoxy groups -OCH3 is 1. The van der Waals surface area contributed by atoms with E-state index < -0.39 is 0 Å². The van der Waals surface area contributed by atoms with E-state index in [1.807, 2.05) is 61.6 Å². The molecular formula is C22H25IN2O4S2. The van der Waals surface area contributed by atoms with E-state index in [0.29, 0.717) is 21.8 Å². The van der Waals surface area contributed by atoms with Crippen molar-refractivity contribution in [2.45, 2.75) is 24.5 Å². The maximum atomic E-state index is 12.0. The molecule has 9 heteroatoms. The first-order valence-electron chi connectivity index (χ1n) is 9.78. The van der Waals surface area contributed by atoms with Crippen LogP contribution >= 0.6 is 46.1 Å². The lowest BCUT2D eigenvalue weighted by molar-refractivity contribution is -0.123. The van der Waals surface area contributed by atoms with Gasteiger partial charge in [-0.2, -0.15) is 5.10 Å². The molecule has 0 bridgehead atoms. The molecule has 1 aliphatic heterocycles. The number of halogens is 1. The fraction of sp³-hybridized carbons (Fsp3) is 0.364. The number of ether oxygens (including phenoxy) is 3. The molecule has 2 aromatic rings. The SMILES string of the molecule is COc1cc(/C=N\NC(=O)COc2ccc(C3SCCS3)cc2)cc(I)c1OC(C)C. The highest BCUT2D eigenvalue weighted by Gasteiger charge is 2.18. The molecule has 0 radical (unpaired) electrons. The number of nitrogens with zero attached hydrogens (tertiary/aromatic N) is 1. The minimum absolute atomic E-state index is 0.0397. The molecule has 1 N–H and O–H groups in total. The summed E-state index contributed by atoms with van der Waals surface area (Å²) in [6, 6.07) is 11.6. The van der Waals surface area contributed by atoms with Gasteiger partial charge >= 0.3 is 0 Å². The lowest BCUT2D eigenvalue weighted by Gasteiger charge is -2.15. The number of amides is 1. The predicted octanol–water partition coefficient (Wildman–Crippen LogP) is 5.09. The first-order chi connectivity index (χ1) is 15.0. The largest absolute Gasteiger partial charge is 0.493 e. The van der Waals surface area contributed by atoms with Gasteiger partial charge in [0.1, 0.15) is 5.75 Å². The van der Waals surface area contributed by atoms with Gasteiger partial charge in [0.2, 0.25) is 0 Å². The fourth-order valence-corrected chi connectivity index (χ4v) is 6.41. The second kappa shape index (κ2) is 11.9. The summed E-state index contributed by atoms with van der Waals surface area (Å²) in [4.78, 5) is 12.0. The summed E-state index contributed by atoms with van der Waals surface area (Å²) >= 11 is 6.11. The molecular weight excluding hydrogens is 547 g/mol. The lowest BCUT2D eigenvalue weighted by Crippen LogP contribution is -2.24. The van der Waals surface area contributed by atoms with E-state index in [0.717, 1.165) is 9.13 Å². The second-order valence-electron chi connectivity index (χ2n) is 6.93. The average Bonchev–Trinajstić information content (AvgIpc) is 3.29. The monoisotopic (exact) mass is 572 g/mol. The normalized spacial score (nSPS) is 14.2. The Labute approximate surface area is 205 Å². The molecule has 0 aromatic heterocycles. The molecule has 6 nitrogen and oxygen atoms in total. The maximum Gasteiger partial charge on any atom is 0.277 e. The third-order valence-corrected chi connectivity index (χ3v) is 8.06. The van der Waals surface area contributed by atoms with E-state index in [2.05, 4.69) is 45.3 Å².